The van der Waals surface area contributed by atoms with Crippen LogP contribution in [0.3, 0.4) is 0 Å². The first-order valence-electron chi connectivity index (χ1n) is 5.25. The van der Waals surface area contributed by atoms with Gasteiger partial charge in [0.1, 0.15) is 0 Å². The highest BCUT2D eigenvalue weighted by molar-refractivity contribution is 5.30. The summed E-state index contributed by atoms with van der Waals surface area (Å²) in [5.74, 6) is 0.538. The topological polar surface area (TPSA) is 0 Å². The molecule has 0 atom stereocenters. The van der Waals surface area contributed by atoms with E-state index in [1.807, 2.05) is 26.0 Å². The van der Waals surface area contributed by atoms with Crippen LogP contribution in [0.25, 0.3) is 0 Å². The zero-order valence-corrected chi connectivity index (χ0v) is 10.3. The average molecular weight is 240 g/mol. The van der Waals surface area contributed by atoms with Crippen molar-refractivity contribution in [3.05, 3.63) is 48.6 Å². The second-order valence-corrected chi connectivity index (χ2v) is 3.15. The van der Waals surface area contributed by atoms with E-state index in [2.05, 4.69) is 40.0 Å². The third-order valence-corrected chi connectivity index (χ3v) is 1.68. The molecule has 0 unspecified atom stereocenters. The number of hydrogen-bond donors (Lipinski definition) is 0. The Labute approximate surface area is 112 Å². The van der Waals surface area contributed by atoms with E-state index in [1.54, 1.807) is 6.08 Å². The van der Waals surface area contributed by atoms with Gasteiger partial charge in [-0.05, 0) is 18.4 Å². The lowest BCUT2D eigenvalue weighted by atomic mass is 10.0. The van der Waals surface area contributed by atoms with Gasteiger partial charge in [-0.2, -0.15) is 0 Å². The summed E-state index contributed by atoms with van der Waals surface area (Å²) >= 11 is 0. The fourth-order valence-corrected chi connectivity index (χ4v) is 0.958. The second kappa shape index (κ2) is 20.4. The van der Waals surface area contributed by atoms with Crippen LogP contribution < -0.4 is 0 Å². The Bertz CT molecular complexity index is 214. The Kier molecular flexibility index (Phi) is 35.7. The highest BCUT2D eigenvalue weighted by Crippen LogP contribution is 2.13. The van der Waals surface area contributed by atoms with Gasteiger partial charge in [0.15, 0.2) is 0 Å². The molecular formula is C17H36. The van der Waals surface area contributed by atoms with E-state index in [0.717, 1.165) is 0 Å². The number of rotatable bonds is 4. The molecule has 17 heavy (non-hydrogen) atoms. The molecule has 0 amide bonds. The summed E-state index contributed by atoms with van der Waals surface area (Å²) in [7, 11) is 0. The minimum atomic E-state index is 0. The third kappa shape index (κ3) is 17.6. The van der Waals surface area contributed by atoms with E-state index in [-0.39, 0.29) is 22.3 Å². The zero-order chi connectivity index (χ0) is 11.6. The Balaban J connectivity index is -0.0000000907. The van der Waals surface area contributed by atoms with E-state index < -0.39 is 0 Å². The summed E-state index contributed by atoms with van der Waals surface area (Å²) in [5, 5.41) is 0. The maximum atomic E-state index is 3.77. The van der Waals surface area contributed by atoms with Crippen LogP contribution in [0.4, 0.5) is 0 Å². The molecule has 0 rings (SSSR count). The summed E-state index contributed by atoms with van der Waals surface area (Å²) < 4.78 is 0. The molecule has 0 aromatic carbocycles. The summed E-state index contributed by atoms with van der Waals surface area (Å²) in [6, 6.07) is 0. The van der Waals surface area contributed by atoms with Gasteiger partial charge in [0.05, 0.1) is 0 Å². The van der Waals surface area contributed by atoms with E-state index in [4.69, 9.17) is 0 Å². The van der Waals surface area contributed by atoms with Crippen molar-refractivity contribution in [2.75, 3.05) is 0 Å². The maximum absolute atomic E-state index is 3.77. The molecule has 0 heterocycles. The summed E-state index contributed by atoms with van der Waals surface area (Å²) in [6.07, 6.45) is 7.84. The van der Waals surface area contributed by atoms with Crippen molar-refractivity contribution in [2.24, 2.45) is 5.92 Å². The van der Waals surface area contributed by atoms with Crippen molar-refractivity contribution < 1.29 is 0 Å². The third-order valence-electron chi connectivity index (χ3n) is 1.68. The van der Waals surface area contributed by atoms with Crippen LogP contribution in [0.1, 0.15) is 56.9 Å². The van der Waals surface area contributed by atoms with E-state index in [0.29, 0.717) is 5.92 Å². The molecule has 0 saturated carbocycles. The monoisotopic (exact) mass is 240 g/mol. The first kappa shape index (κ1) is 29.7. The minimum Gasteiger partial charge on any atom is -0.0991 e. The smallest absolute Gasteiger partial charge is 0.0219 e. The van der Waals surface area contributed by atoms with Gasteiger partial charge in [-0.15, -0.1) is 0 Å². The maximum Gasteiger partial charge on any atom is -0.0219 e. The van der Waals surface area contributed by atoms with Gasteiger partial charge in [0.2, 0.25) is 0 Å². The standard InChI is InChI=1S/C12H18.C2H6.3CH4/c1-6-8-11(5)9-12(7-2)10(3)4;1-2;;;/h6-10H,1-2H2,3-5H3;1-2H3;3*1H4/b11-8-,12-9+;;;;. The first-order valence-corrected chi connectivity index (χ1v) is 5.25. The normalized spacial score (nSPS) is 9.76. The van der Waals surface area contributed by atoms with Gasteiger partial charge in [0.25, 0.3) is 0 Å². The molecular weight excluding hydrogens is 204 g/mol. The fraction of sp³-hybridized carbons (Fsp3) is 0.529. The molecule has 0 aromatic rings. The molecule has 0 saturated heterocycles. The molecule has 0 nitrogen and oxygen atoms in total. The van der Waals surface area contributed by atoms with Crippen molar-refractivity contribution in [1.82, 2.24) is 0 Å². The molecule has 0 spiro atoms. The Hall–Kier alpha value is -1.04. The van der Waals surface area contributed by atoms with E-state index >= 15 is 0 Å². The first-order chi connectivity index (χ1) is 6.61. The SMILES string of the molecule is C.C.C.C=C/C=C(C)\C=C(/C=C)C(C)C.CC. The predicted octanol–water partition coefficient (Wildman–Crippen LogP) is 6.82. The lowest BCUT2D eigenvalue weighted by Gasteiger charge is -2.05. The fourth-order valence-electron chi connectivity index (χ4n) is 0.958. The van der Waals surface area contributed by atoms with Crippen LogP contribution in [-0.2, 0) is 0 Å². The van der Waals surface area contributed by atoms with Crippen LogP contribution in [0.2, 0.25) is 0 Å². The minimum absolute atomic E-state index is 0. The lowest BCUT2D eigenvalue weighted by Crippen LogP contribution is -1.89. The molecule has 0 radical (unpaired) electrons. The Morgan fingerprint density at radius 1 is 1.00 bits per heavy atom. The van der Waals surface area contributed by atoms with E-state index in [9.17, 15) is 0 Å². The highest BCUT2D eigenvalue weighted by Gasteiger charge is 1.96. The van der Waals surface area contributed by atoms with Crippen molar-refractivity contribution >= 4 is 0 Å². The van der Waals surface area contributed by atoms with Crippen LogP contribution >= 0.6 is 0 Å². The van der Waals surface area contributed by atoms with Gasteiger partial charge in [-0.3, -0.25) is 0 Å². The van der Waals surface area contributed by atoms with Crippen LogP contribution in [0.5, 0.6) is 0 Å². The number of hydrogen-bond acceptors (Lipinski definition) is 0. The molecule has 0 aliphatic rings. The molecule has 0 bridgehead atoms. The number of allylic oxidation sites excluding steroid dienone is 6. The van der Waals surface area contributed by atoms with Crippen LogP contribution in [0.15, 0.2) is 48.6 Å². The average Bonchev–Trinajstić information content (AvgIpc) is 2.17. The van der Waals surface area contributed by atoms with Crippen molar-refractivity contribution in [3.63, 3.8) is 0 Å². The van der Waals surface area contributed by atoms with Crippen molar-refractivity contribution in [2.45, 2.75) is 56.9 Å². The Morgan fingerprint density at radius 3 is 1.65 bits per heavy atom. The molecule has 0 aromatic heterocycles. The summed E-state index contributed by atoms with van der Waals surface area (Å²) in [5.41, 5.74) is 2.49. The molecule has 0 N–H and O–H groups in total. The largest absolute Gasteiger partial charge is 0.0991 e. The van der Waals surface area contributed by atoms with Gasteiger partial charge in [-0.1, -0.05) is 93.0 Å². The van der Waals surface area contributed by atoms with Crippen molar-refractivity contribution in [1.29, 1.82) is 0 Å². The quantitative estimate of drug-likeness (QED) is 0.473. The van der Waals surface area contributed by atoms with Gasteiger partial charge in [0, 0.05) is 0 Å². The molecule has 0 aliphatic heterocycles. The molecule has 0 heteroatoms. The second-order valence-electron chi connectivity index (χ2n) is 3.15. The predicted molar refractivity (Wildman–Crippen MR) is 88.6 cm³/mol. The van der Waals surface area contributed by atoms with E-state index in [1.165, 1.54) is 11.1 Å². The molecule has 104 valence electrons. The van der Waals surface area contributed by atoms with Gasteiger partial charge in [-0.25, -0.2) is 0 Å². The zero-order valence-electron chi connectivity index (χ0n) is 10.3. The van der Waals surface area contributed by atoms with Crippen molar-refractivity contribution in [3.8, 4) is 0 Å². The van der Waals surface area contributed by atoms with Gasteiger partial charge < -0.3 is 0 Å². The molecule has 0 aliphatic carbocycles. The van der Waals surface area contributed by atoms with Gasteiger partial charge >= 0.3 is 0 Å². The summed E-state index contributed by atoms with van der Waals surface area (Å²) in [4.78, 5) is 0. The Morgan fingerprint density at radius 2 is 1.41 bits per heavy atom. The summed E-state index contributed by atoms with van der Waals surface area (Å²) in [6.45, 7) is 17.8. The highest BCUT2D eigenvalue weighted by atomic mass is 14.0. The van der Waals surface area contributed by atoms with Crippen LogP contribution in [0, 0.1) is 5.92 Å². The lowest BCUT2D eigenvalue weighted by molar-refractivity contribution is 0.791. The van der Waals surface area contributed by atoms with Crippen LogP contribution in [-0.4, -0.2) is 0 Å². The molecule has 0 fully saturated rings.